The van der Waals surface area contributed by atoms with Gasteiger partial charge in [0, 0.05) is 0 Å². The highest BCUT2D eigenvalue weighted by molar-refractivity contribution is 5.76. The van der Waals surface area contributed by atoms with Gasteiger partial charge in [0.25, 0.3) is 0 Å². The molecule has 1 aliphatic rings. The van der Waals surface area contributed by atoms with Crippen molar-refractivity contribution in [2.75, 3.05) is 0 Å². The predicted octanol–water partition coefficient (Wildman–Crippen LogP) is 0.715. The SMILES string of the molecule is CC1CCC(N=C(N)NO)C1C. The first-order valence-corrected chi connectivity index (χ1v) is 4.38. The summed E-state index contributed by atoms with van der Waals surface area (Å²) in [5.41, 5.74) is 7.20. The second-order valence-electron chi connectivity index (χ2n) is 3.61. The maximum Gasteiger partial charge on any atom is 0.213 e. The van der Waals surface area contributed by atoms with Gasteiger partial charge in [0.2, 0.25) is 5.96 Å². The smallest absolute Gasteiger partial charge is 0.213 e. The number of rotatable bonds is 1. The fraction of sp³-hybridized carbons (Fsp3) is 0.875. The van der Waals surface area contributed by atoms with Crippen molar-refractivity contribution in [1.82, 2.24) is 5.48 Å². The number of nitrogens with one attached hydrogen (secondary N) is 1. The number of guanidine groups is 1. The van der Waals surface area contributed by atoms with Crippen LogP contribution in [0.4, 0.5) is 0 Å². The molecule has 3 atom stereocenters. The molecular formula is C8H17N3O. The van der Waals surface area contributed by atoms with E-state index in [0.29, 0.717) is 11.8 Å². The maximum atomic E-state index is 8.44. The van der Waals surface area contributed by atoms with Gasteiger partial charge in [-0.15, -0.1) is 0 Å². The van der Waals surface area contributed by atoms with E-state index in [-0.39, 0.29) is 12.0 Å². The Morgan fingerprint density at radius 3 is 2.58 bits per heavy atom. The second-order valence-corrected chi connectivity index (χ2v) is 3.61. The molecule has 1 rings (SSSR count). The third kappa shape index (κ3) is 1.88. The van der Waals surface area contributed by atoms with Gasteiger partial charge in [0.05, 0.1) is 6.04 Å². The van der Waals surface area contributed by atoms with Crippen molar-refractivity contribution in [1.29, 1.82) is 0 Å². The lowest BCUT2D eigenvalue weighted by Crippen LogP contribution is -2.31. The van der Waals surface area contributed by atoms with Gasteiger partial charge < -0.3 is 5.73 Å². The minimum Gasteiger partial charge on any atom is -0.368 e. The highest BCUT2D eigenvalue weighted by Gasteiger charge is 2.29. The molecule has 4 nitrogen and oxygen atoms in total. The number of aliphatic imine (C=N–C) groups is 1. The van der Waals surface area contributed by atoms with E-state index in [4.69, 9.17) is 10.9 Å². The lowest BCUT2D eigenvalue weighted by molar-refractivity contribution is 0.231. The van der Waals surface area contributed by atoms with Gasteiger partial charge >= 0.3 is 0 Å². The van der Waals surface area contributed by atoms with E-state index >= 15 is 0 Å². The van der Waals surface area contributed by atoms with Gasteiger partial charge in [-0.25, -0.2) is 10.5 Å². The summed E-state index contributed by atoms with van der Waals surface area (Å²) < 4.78 is 0. The van der Waals surface area contributed by atoms with Crippen molar-refractivity contribution in [2.45, 2.75) is 32.7 Å². The zero-order valence-electron chi connectivity index (χ0n) is 7.62. The Morgan fingerprint density at radius 1 is 1.50 bits per heavy atom. The summed E-state index contributed by atoms with van der Waals surface area (Å²) in [6.07, 6.45) is 2.28. The Balaban J connectivity index is 2.54. The quantitative estimate of drug-likeness (QED) is 0.309. The van der Waals surface area contributed by atoms with E-state index in [9.17, 15) is 0 Å². The number of hydrogen-bond donors (Lipinski definition) is 3. The van der Waals surface area contributed by atoms with Gasteiger partial charge in [-0.1, -0.05) is 13.8 Å². The largest absolute Gasteiger partial charge is 0.368 e. The fourth-order valence-corrected chi connectivity index (χ4v) is 1.73. The first-order chi connectivity index (χ1) is 5.65. The van der Waals surface area contributed by atoms with Crippen molar-refractivity contribution in [2.24, 2.45) is 22.6 Å². The Labute approximate surface area is 72.8 Å². The molecule has 1 saturated carbocycles. The topological polar surface area (TPSA) is 70.6 Å². The van der Waals surface area contributed by atoms with E-state index in [1.165, 1.54) is 6.42 Å². The lowest BCUT2D eigenvalue weighted by Gasteiger charge is -2.14. The van der Waals surface area contributed by atoms with Crippen LogP contribution >= 0.6 is 0 Å². The van der Waals surface area contributed by atoms with Crippen LogP contribution < -0.4 is 11.2 Å². The predicted molar refractivity (Wildman–Crippen MR) is 47.9 cm³/mol. The Morgan fingerprint density at radius 2 is 2.17 bits per heavy atom. The van der Waals surface area contributed by atoms with Crippen LogP contribution in [0.25, 0.3) is 0 Å². The molecule has 0 bridgehead atoms. The number of nitrogens with zero attached hydrogens (tertiary/aromatic N) is 1. The maximum absolute atomic E-state index is 8.44. The Kier molecular flexibility index (Phi) is 2.92. The number of nitrogens with two attached hydrogens (primary N) is 1. The Bertz CT molecular complexity index is 181. The van der Waals surface area contributed by atoms with Crippen LogP contribution in [0.5, 0.6) is 0 Å². The molecule has 0 spiro atoms. The van der Waals surface area contributed by atoms with Crippen molar-refractivity contribution in [3.05, 3.63) is 0 Å². The van der Waals surface area contributed by atoms with Crippen molar-refractivity contribution in [3.63, 3.8) is 0 Å². The van der Waals surface area contributed by atoms with Crippen LogP contribution in [0.2, 0.25) is 0 Å². The normalized spacial score (nSPS) is 36.9. The highest BCUT2D eigenvalue weighted by Crippen LogP contribution is 2.33. The molecule has 12 heavy (non-hydrogen) atoms. The molecule has 0 heterocycles. The summed E-state index contributed by atoms with van der Waals surface area (Å²) in [6.45, 7) is 4.40. The molecule has 4 N–H and O–H groups in total. The molecule has 0 amide bonds. The summed E-state index contributed by atoms with van der Waals surface area (Å²) in [5, 5.41) is 8.44. The van der Waals surface area contributed by atoms with Crippen molar-refractivity contribution >= 4 is 5.96 Å². The van der Waals surface area contributed by atoms with Crippen LogP contribution in [0, 0.1) is 11.8 Å². The molecule has 70 valence electrons. The van der Waals surface area contributed by atoms with Gasteiger partial charge in [0.15, 0.2) is 0 Å². The minimum atomic E-state index is 0.126. The number of hydroxylamine groups is 1. The first-order valence-electron chi connectivity index (χ1n) is 4.38. The first kappa shape index (κ1) is 9.32. The van der Waals surface area contributed by atoms with E-state index in [0.717, 1.165) is 6.42 Å². The Hall–Kier alpha value is -0.770. The zero-order valence-corrected chi connectivity index (χ0v) is 7.62. The van der Waals surface area contributed by atoms with Crippen molar-refractivity contribution < 1.29 is 5.21 Å². The molecule has 3 unspecified atom stereocenters. The molecule has 0 saturated heterocycles. The molecular weight excluding hydrogens is 154 g/mol. The van der Waals surface area contributed by atoms with Gasteiger partial charge in [-0.3, -0.25) is 5.21 Å². The highest BCUT2D eigenvalue weighted by atomic mass is 16.5. The summed E-state index contributed by atoms with van der Waals surface area (Å²) in [4.78, 5) is 4.16. The minimum absolute atomic E-state index is 0.126. The summed E-state index contributed by atoms with van der Waals surface area (Å²) >= 11 is 0. The van der Waals surface area contributed by atoms with E-state index in [2.05, 4.69) is 18.8 Å². The van der Waals surface area contributed by atoms with Crippen LogP contribution in [0.3, 0.4) is 0 Å². The molecule has 0 aromatic rings. The molecule has 0 aliphatic heterocycles. The molecule has 1 fully saturated rings. The number of hydrogen-bond acceptors (Lipinski definition) is 2. The summed E-state index contributed by atoms with van der Waals surface area (Å²) in [5.74, 6) is 1.41. The van der Waals surface area contributed by atoms with Gasteiger partial charge in [-0.05, 0) is 24.7 Å². The van der Waals surface area contributed by atoms with Crippen LogP contribution in [0.15, 0.2) is 4.99 Å². The third-order valence-corrected chi connectivity index (χ3v) is 2.84. The van der Waals surface area contributed by atoms with E-state index in [1.54, 1.807) is 0 Å². The summed E-state index contributed by atoms with van der Waals surface area (Å²) in [7, 11) is 0. The third-order valence-electron chi connectivity index (χ3n) is 2.84. The van der Waals surface area contributed by atoms with Crippen LogP contribution in [-0.4, -0.2) is 17.2 Å². The van der Waals surface area contributed by atoms with E-state index < -0.39 is 0 Å². The average Bonchev–Trinajstić information content (AvgIpc) is 2.36. The molecule has 0 aromatic carbocycles. The van der Waals surface area contributed by atoms with E-state index in [1.807, 2.05) is 5.48 Å². The fourth-order valence-electron chi connectivity index (χ4n) is 1.73. The molecule has 0 radical (unpaired) electrons. The second kappa shape index (κ2) is 3.76. The zero-order chi connectivity index (χ0) is 9.14. The standard InChI is InChI=1S/C8H17N3O/c1-5-3-4-7(6(5)2)10-8(9)11-12/h5-7,12H,3-4H2,1-2H3,(H3,9,10,11). The van der Waals surface area contributed by atoms with Gasteiger partial charge in [0.1, 0.15) is 0 Å². The monoisotopic (exact) mass is 171 g/mol. The van der Waals surface area contributed by atoms with Crippen LogP contribution in [0.1, 0.15) is 26.7 Å². The average molecular weight is 171 g/mol. The van der Waals surface area contributed by atoms with Crippen molar-refractivity contribution in [3.8, 4) is 0 Å². The summed E-state index contributed by atoms with van der Waals surface area (Å²) in [6, 6.07) is 0.277. The van der Waals surface area contributed by atoms with Crippen LogP contribution in [-0.2, 0) is 0 Å². The molecule has 1 aliphatic carbocycles. The molecule has 0 aromatic heterocycles. The molecule has 4 heteroatoms. The lowest BCUT2D eigenvalue weighted by atomic mass is 9.98. The van der Waals surface area contributed by atoms with Gasteiger partial charge in [-0.2, -0.15) is 0 Å².